The number of rotatable bonds is 5. The van der Waals surface area contributed by atoms with Crippen LogP contribution in [0.25, 0.3) is 0 Å². The number of hydrogen-bond donors (Lipinski definition) is 0. The lowest BCUT2D eigenvalue weighted by Crippen LogP contribution is -2.28. The van der Waals surface area contributed by atoms with Crippen molar-refractivity contribution in [1.29, 1.82) is 0 Å². The highest BCUT2D eigenvalue weighted by molar-refractivity contribution is 9.11. The van der Waals surface area contributed by atoms with Crippen molar-refractivity contribution in [3.63, 3.8) is 0 Å². The molecule has 2 bridgehead atoms. The van der Waals surface area contributed by atoms with Crippen LogP contribution >= 0.6 is 55.1 Å². The summed E-state index contributed by atoms with van der Waals surface area (Å²) in [6.45, 7) is 0.260. The van der Waals surface area contributed by atoms with Gasteiger partial charge in [0.2, 0.25) is 0 Å². The van der Waals surface area contributed by atoms with Gasteiger partial charge in [-0.15, -0.1) is 0 Å². The molecule has 0 radical (unpaired) electrons. The zero-order valence-corrected chi connectivity index (χ0v) is 21.2. The molecule has 1 saturated carbocycles. The van der Waals surface area contributed by atoms with E-state index in [9.17, 15) is 9.59 Å². The number of halogens is 4. The van der Waals surface area contributed by atoms with Gasteiger partial charge in [0.15, 0.2) is 0 Å². The SMILES string of the molecule is O=C1[C@@H]2[C@H](C(=O)N1/N=C\c1cc(Br)c(OCc3ccc(Cl)cc3Cl)c(Br)c1)[C@H]1C=C[C@H]2C1. The first-order chi connectivity index (χ1) is 15.3. The first-order valence-electron chi connectivity index (χ1n) is 9.99. The molecule has 2 fully saturated rings. The van der Waals surface area contributed by atoms with E-state index in [4.69, 9.17) is 27.9 Å². The van der Waals surface area contributed by atoms with Gasteiger partial charge in [0.1, 0.15) is 12.4 Å². The molecule has 32 heavy (non-hydrogen) atoms. The number of imide groups is 1. The van der Waals surface area contributed by atoms with E-state index in [-0.39, 0.29) is 42.1 Å². The number of nitrogens with zero attached hydrogens (tertiary/aromatic N) is 2. The Hall–Kier alpha value is -1.67. The van der Waals surface area contributed by atoms with Crippen molar-refractivity contribution >= 4 is 73.1 Å². The molecular formula is C23H16Br2Cl2N2O3. The number of carbonyl (C=O) groups is 2. The number of hydrogen-bond acceptors (Lipinski definition) is 4. The largest absolute Gasteiger partial charge is 0.486 e. The fraction of sp³-hybridized carbons (Fsp3) is 0.261. The number of benzene rings is 2. The molecule has 2 aromatic rings. The molecule has 2 amide bonds. The second kappa shape index (κ2) is 8.60. The Morgan fingerprint density at radius 1 is 1.03 bits per heavy atom. The number of ether oxygens (including phenoxy) is 1. The lowest BCUT2D eigenvalue weighted by Gasteiger charge is -2.13. The van der Waals surface area contributed by atoms with E-state index >= 15 is 0 Å². The van der Waals surface area contributed by atoms with Crippen LogP contribution in [0.4, 0.5) is 0 Å². The number of carbonyl (C=O) groups excluding carboxylic acids is 2. The highest BCUT2D eigenvalue weighted by atomic mass is 79.9. The second-order valence-electron chi connectivity index (χ2n) is 8.07. The number of allylic oxidation sites excluding steroid dienone is 2. The van der Waals surface area contributed by atoms with Gasteiger partial charge in [0, 0.05) is 15.6 Å². The smallest absolute Gasteiger partial charge is 0.254 e. The van der Waals surface area contributed by atoms with Gasteiger partial charge in [0.25, 0.3) is 11.8 Å². The van der Waals surface area contributed by atoms with Gasteiger partial charge in [0.05, 0.1) is 27.0 Å². The summed E-state index contributed by atoms with van der Waals surface area (Å²) in [5.74, 6) is -0.00561. The van der Waals surface area contributed by atoms with Crippen molar-refractivity contribution in [3.05, 3.63) is 72.6 Å². The summed E-state index contributed by atoms with van der Waals surface area (Å²) in [6, 6.07) is 8.86. The lowest BCUT2D eigenvalue weighted by molar-refractivity contribution is -0.140. The highest BCUT2D eigenvalue weighted by Gasteiger charge is 2.59. The van der Waals surface area contributed by atoms with Crippen molar-refractivity contribution in [1.82, 2.24) is 5.01 Å². The normalized spacial score (nSPS) is 25.9. The molecule has 1 saturated heterocycles. The van der Waals surface area contributed by atoms with Gasteiger partial charge in [-0.1, -0.05) is 41.4 Å². The third-order valence-corrected chi connectivity index (χ3v) is 7.94. The van der Waals surface area contributed by atoms with Crippen LogP contribution in [0.3, 0.4) is 0 Å². The van der Waals surface area contributed by atoms with Crippen molar-refractivity contribution in [3.8, 4) is 5.75 Å². The quantitative estimate of drug-likeness (QED) is 0.233. The number of hydrazone groups is 1. The van der Waals surface area contributed by atoms with Gasteiger partial charge < -0.3 is 4.74 Å². The molecule has 3 aliphatic rings. The minimum absolute atomic E-state index is 0.163. The van der Waals surface area contributed by atoms with E-state index in [0.717, 1.165) is 17.0 Å². The van der Waals surface area contributed by atoms with Crippen molar-refractivity contribution < 1.29 is 14.3 Å². The molecule has 2 aliphatic carbocycles. The van der Waals surface area contributed by atoms with Crippen LogP contribution in [0.15, 0.2) is 56.5 Å². The highest BCUT2D eigenvalue weighted by Crippen LogP contribution is 2.52. The summed E-state index contributed by atoms with van der Waals surface area (Å²) in [6.07, 6.45) is 6.54. The summed E-state index contributed by atoms with van der Waals surface area (Å²) < 4.78 is 7.31. The van der Waals surface area contributed by atoms with Crippen molar-refractivity contribution in [2.24, 2.45) is 28.8 Å². The van der Waals surface area contributed by atoms with Crippen molar-refractivity contribution in [2.75, 3.05) is 0 Å². The molecule has 0 unspecified atom stereocenters. The van der Waals surface area contributed by atoms with Crippen LogP contribution in [0, 0.1) is 23.7 Å². The minimum Gasteiger partial charge on any atom is -0.486 e. The molecule has 0 spiro atoms. The molecule has 2 aromatic carbocycles. The lowest BCUT2D eigenvalue weighted by atomic mass is 9.85. The summed E-state index contributed by atoms with van der Waals surface area (Å²) in [5.41, 5.74) is 1.51. The zero-order valence-electron chi connectivity index (χ0n) is 16.5. The maximum absolute atomic E-state index is 12.8. The molecule has 1 aliphatic heterocycles. The first kappa shape index (κ1) is 22.1. The van der Waals surface area contributed by atoms with Gasteiger partial charge in [-0.2, -0.15) is 10.1 Å². The Bertz CT molecular complexity index is 1150. The molecule has 0 N–H and O–H groups in total. The van der Waals surface area contributed by atoms with E-state index < -0.39 is 0 Å². The van der Waals surface area contributed by atoms with Crippen LogP contribution in [0.2, 0.25) is 10.0 Å². The summed E-state index contributed by atoms with van der Waals surface area (Å²) in [7, 11) is 0. The van der Waals surface area contributed by atoms with E-state index in [2.05, 4.69) is 49.1 Å². The number of fused-ring (bicyclic) bond motifs is 5. The topological polar surface area (TPSA) is 59.0 Å². The Kier molecular flexibility index (Phi) is 5.95. The third kappa shape index (κ3) is 3.83. The number of amides is 2. The Balaban J connectivity index is 1.31. The molecule has 1 heterocycles. The summed E-state index contributed by atoms with van der Waals surface area (Å²) in [4.78, 5) is 25.5. The van der Waals surface area contributed by atoms with Gasteiger partial charge >= 0.3 is 0 Å². The van der Waals surface area contributed by atoms with Crippen LogP contribution in [0.5, 0.6) is 5.75 Å². The Morgan fingerprint density at radius 3 is 2.25 bits per heavy atom. The average Bonchev–Trinajstić information content (AvgIpc) is 3.42. The summed E-state index contributed by atoms with van der Waals surface area (Å²) >= 11 is 19.2. The average molecular weight is 599 g/mol. The van der Waals surface area contributed by atoms with Crippen molar-refractivity contribution in [2.45, 2.75) is 13.0 Å². The van der Waals surface area contributed by atoms with Gasteiger partial charge in [-0.25, -0.2) is 0 Å². The van der Waals surface area contributed by atoms with Gasteiger partial charge in [-0.3, -0.25) is 9.59 Å². The molecule has 5 rings (SSSR count). The van der Waals surface area contributed by atoms with Crippen LogP contribution < -0.4 is 4.74 Å². The van der Waals surface area contributed by atoms with E-state index in [0.29, 0.717) is 30.3 Å². The summed E-state index contributed by atoms with van der Waals surface area (Å²) in [5, 5.41) is 6.36. The fourth-order valence-electron chi connectivity index (χ4n) is 4.71. The predicted octanol–water partition coefficient (Wildman–Crippen LogP) is 6.24. The molecule has 164 valence electrons. The maximum Gasteiger partial charge on any atom is 0.254 e. The third-order valence-electron chi connectivity index (χ3n) is 6.18. The molecular weight excluding hydrogens is 583 g/mol. The van der Waals surface area contributed by atoms with Crippen LogP contribution in [-0.4, -0.2) is 23.0 Å². The standard InChI is InChI=1S/C23H16Br2Cl2N2O3/c24-16-5-11(6-17(25)21(16)32-10-14-3-4-15(26)8-18(14)27)9-28-29-22(30)19-12-1-2-13(7-12)20(19)23(29)31/h1-6,8-9,12-13,19-20H,7,10H2/b28-9-/t12-,13-,19-,20+/m0/s1. The fourth-order valence-corrected chi connectivity index (χ4v) is 6.62. The molecule has 9 heteroatoms. The molecule has 0 aromatic heterocycles. The van der Waals surface area contributed by atoms with E-state index in [1.165, 1.54) is 6.21 Å². The van der Waals surface area contributed by atoms with E-state index in [1.54, 1.807) is 12.1 Å². The first-order valence-corrected chi connectivity index (χ1v) is 12.3. The maximum atomic E-state index is 12.8. The predicted molar refractivity (Wildman–Crippen MR) is 130 cm³/mol. The Morgan fingerprint density at radius 2 is 1.66 bits per heavy atom. The van der Waals surface area contributed by atoms with Crippen LogP contribution in [-0.2, 0) is 16.2 Å². The molecule has 5 nitrogen and oxygen atoms in total. The second-order valence-corrected chi connectivity index (χ2v) is 10.6. The minimum atomic E-state index is -0.261. The Labute approximate surface area is 211 Å². The molecule has 4 atom stereocenters. The van der Waals surface area contributed by atoms with Crippen LogP contribution in [0.1, 0.15) is 17.5 Å². The van der Waals surface area contributed by atoms with E-state index in [1.807, 2.05) is 18.2 Å². The van der Waals surface area contributed by atoms with Gasteiger partial charge in [-0.05, 0) is 79.9 Å². The monoisotopic (exact) mass is 596 g/mol. The zero-order chi connectivity index (χ0) is 22.6.